The fourth-order valence-electron chi connectivity index (χ4n) is 2.89. The summed E-state index contributed by atoms with van der Waals surface area (Å²) in [6.45, 7) is 1.73. The highest BCUT2D eigenvalue weighted by atomic mass is 32.1. The maximum atomic E-state index is 12.4. The molecule has 0 fully saturated rings. The molecule has 2 aromatic heterocycles. The average molecular weight is 379 g/mol. The Morgan fingerprint density at radius 1 is 1.11 bits per heavy atom. The van der Waals surface area contributed by atoms with E-state index in [1.165, 1.54) is 16.0 Å². The molecule has 1 N–H and O–H groups in total. The Bertz CT molecular complexity index is 1150. The van der Waals surface area contributed by atoms with Crippen molar-refractivity contribution in [2.24, 2.45) is 0 Å². The third-order valence-electron chi connectivity index (χ3n) is 4.30. The number of nitrogens with one attached hydrogen (secondary N) is 1. The van der Waals surface area contributed by atoms with Gasteiger partial charge in [-0.1, -0.05) is 36.4 Å². The van der Waals surface area contributed by atoms with Crippen LogP contribution in [0.25, 0.3) is 15.8 Å². The molecule has 0 saturated carbocycles. The van der Waals surface area contributed by atoms with E-state index in [9.17, 15) is 9.59 Å². The van der Waals surface area contributed by atoms with E-state index in [-0.39, 0.29) is 18.5 Å². The smallest absolute Gasteiger partial charge is 0.348 e. The van der Waals surface area contributed by atoms with Gasteiger partial charge in [0.1, 0.15) is 11.5 Å². The second-order valence-corrected chi connectivity index (χ2v) is 7.10. The molecule has 0 aliphatic rings. The van der Waals surface area contributed by atoms with Gasteiger partial charge in [0.05, 0.1) is 6.04 Å². The summed E-state index contributed by atoms with van der Waals surface area (Å²) in [6.07, 6.45) is 0. The maximum Gasteiger partial charge on any atom is 0.369 e. The maximum absolute atomic E-state index is 12.4. The van der Waals surface area contributed by atoms with E-state index in [0.717, 1.165) is 21.0 Å². The van der Waals surface area contributed by atoms with Crippen molar-refractivity contribution in [1.82, 2.24) is 25.1 Å². The number of hydrogen-bond donors (Lipinski definition) is 1. The highest BCUT2D eigenvalue weighted by Crippen LogP contribution is 2.20. The van der Waals surface area contributed by atoms with Crippen molar-refractivity contribution >= 4 is 28.0 Å². The van der Waals surface area contributed by atoms with E-state index in [4.69, 9.17) is 0 Å². The molecule has 0 bridgehead atoms. The van der Waals surface area contributed by atoms with Crippen molar-refractivity contribution in [1.29, 1.82) is 0 Å². The van der Waals surface area contributed by atoms with Crippen LogP contribution in [0.15, 0.2) is 64.8 Å². The first-order chi connectivity index (χ1) is 13.1. The molecule has 0 spiro atoms. The van der Waals surface area contributed by atoms with Crippen molar-refractivity contribution in [3.05, 3.63) is 76.0 Å². The quantitative estimate of drug-likeness (QED) is 0.578. The Labute approximate surface area is 158 Å². The predicted molar refractivity (Wildman–Crippen MR) is 104 cm³/mol. The summed E-state index contributed by atoms with van der Waals surface area (Å²) in [6, 6.07) is 17.5. The molecule has 2 heterocycles. The number of rotatable bonds is 5. The van der Waals surface area contributed by atoms with E-state index in [0.29, 0.717) is 5.00 Å². The normalized spacial score (nSPS) is 12.2. The zero-order valence-electron chi connectivity index (χ0n) is 14.6. The minimum absolute atomic E-state index is 0.178. The Morgan fingerprint density at radius 2 is 1.93 bits per heavy atom. The van der Waals surface area contributed by atoms with Gasteiger partial charge < -0.3 is 5.32 Å². The third-order valence-corrected chi connectivity index (χ3v) is 5.14. The molecule has 4 aromatic rings. The second kappa shape index (κ2) is 7.16. The fraction of sp³-hybridized carbons (Fsp3) is 0.158. The van der Waals surface area contributed by atoms with Crippen LogP contribution in [0.1, 0.15) is 18.5 Å². The molecule has 1 amide bonds. The van der Waals surface area contributed by atoms with E-state index >= 15 is 0 Å². The molecule has 136 valence electrons. The lowest BCUT2D eigenvalue weighted by molar-refractivity contribution is -0.122. The molecule has 7 nitrogen and oxygen atoms in total. The largest absolute Gasteiger partial charge is 0.369 e. The number of hydrogen-bond acceptors (Lipinski definition) is 5. The van der Waals surface area contributed by atoms with Gasteiger partial charge in [-0.2, -0.15) is 9.36 Å². The number of aromatic nitrogens is 4. The van der Waals surface area contributed by atoms with Crippen LogP contribution in [0.4, 0.5) is 0 Å². The van der Waals surface area contributed by atoms with Crippen LogP contribution < -0.4 is 11.0 Å². The molecule has 0 saturated heterocycles. The van der Waals surface area contributed by atoms with Crippen LogP contribution in [0, 0.1) is 0 Å². The monoisotopic (exact) mass is 379 g/mol. The van der Waals surface area contributed by atoms with Gasteiger partial charge >= 0.3 is 5.69 Å². The number of carbonyl (C=O) groups excluding carboxylic acids is 1. The molecular formula is C19H17N5O2S. The van der Waals surface area contributed by atoms with Gasteiger partial charge in [0.2, 0.25) is 5.91 Å². The Hall–Kier alpha value is -3.26. The van der Waals surface area contributed by atoms with E-state index in [1.807, 2.05) is 54.8 Å². The number of fused-ring (bicyclic) bond motifs is 1. The lowest BCUT2D eigenvalue weighted by Crippen LogP contribution is -2.34. The summed E-state index contributed by atoms with van der Waals surface area (Å²) in [7, 11) is 0. The van der Waals surface area contributed by atoms with Crippen molar-refractivity contribution < 1.29 is 4.79 Å². The molecule has 1 unspecified atom stereocenters. The summed E-state index contributed by atoms with van der Waals surface area (Å²) >= 11 is 1.38. The first-order valence-electron chi connectivity index (χ1n) is 8.46. The Kier molecular flexibility index (Phi) is 4.55. The molecule has 1 atom stereocenters. The number of tetrazole rings is 1. The van der Waals surface area contributed by atoms with Gasteiger partial charge in [-0.05, 0) is 57.3 Å². The van der Waals surface area contributed by atoms with Crippen LogP contribution in [-0.4, -0.2) is 25.7 Å². The number of nitrogens with zero attached hydrogens (tertiary/aromatic N) is 4. The van der Waals surface area contributed by atoms with E-state index in [1.54, 1.807) is 6.07 Å². The average Bonchev–Trinajstić information content (AvgIpc) is 3.32. The van der Waals surface area contributed by atoms with Gasteiger partial charge in [0.15, 0.2) is 0 Å². The topological polar surface area (TPSA) is 81.8 Å². The molecule has 27 heavy (non-hydrogen) atoms. The van der Waals surface area contributed by atoms with Crippen molar-refractivity contribution in [3.8, 4) is 5.00 Å². The summed E-state index contributed by atoms with van der Waals surface area (Å²) in [5.74, 6) is -0.295. The number of carbonyl (C=O) groups is 1. The van der Waals surface area contributed by atoms with Crippen LogP contribution in [0.2, 0.25) is 0 Å². The lowest BCUT2D eigenvalue weighted by atomic mass is 10.0. The zero-order valence-corrected chi connectivity index (χ0v) is 15.4. The van der Waals surface area contributed by atoms with Gasteiger partial charge in [0, 0.05) is 0 Å². The molecule has 0 radical (unpaired) electrons. The Morgan fingerprint density at radius 3 is 2.70 bits per heavy atom. The molecular weight excluding hydrogens is 362 g/mol. The molecule has 4 rings (SSSR count). The number of thiophene rings is 1. The van der Waals surface area contributed by atoms with E-state index < -0.39 is 5.69 Å². The summed E-state index contributed by atoms with van der Waals surface area (Å²) in [5.41, 5.74) is 0.558. The van der Waals surface area contributed by atoms with Crippen LogP contribution in [0.5, 0.6) is 0 Å². The van der Waals surface area contributed by atoms with Crippen molar-refractivity contribution in [2.45, 2.75) is 19.5 Å². The summed E-state index contributed by atoms with van der Waals surface area (Å²) < 4.78 is 2.24. The number of benzene rings is 2. The number of amides is 1. The minimum Gasteiger partial charge on any atom is -0.348 e. The second-order valence-electron chi connectivity index (χ2n) is 6.18. The molecule has 2 aromatic carbocycles. The molecule has 8 heteroatoms. The lowest BCUT2D eigenvalue weighted by Gasteiger charge is -2.14. The van der Waals surface area contributed by atoms with Gasteiger partial charge in [-0.15, -0.1) is 11.3 Å². The van der Waals surface area contributed by atoms with Gasteiger partial charge in [0.25, 0.3) is 0 Å². The van der Waals surface area contributed by atoms with Crippen LogP contribution in [0.3, 0.4) is 0 Å². The molecule has 0 aliphatic carbocycles. The summed E-state index contributed by atoms with van der Waals surface area (Å²) in [5, 5.41) is 15.3. The third kappa shape index (κ3) is 3.52. The highest BCUT2D eigenvalue weighted by molar-refractivity contribution is 7.12. The van der Waals surface area contributed by atoms with E-state index in [2.05, 4.69) is 21.8 Å². The standard InChI is InChI=1S/C19H17N5O2S/c1-13(15-9-8-14-5-2-3-6-16(14)11-15)20-17(25)12-23-19(26)24(22-21-23)18-7-4-10-27-18/h2-11,13H,12H2,1H3,(H,20,25). The van der Waals surface area contributed by atoms with Crippen molar-refractivity contribution in [3.63, 3.8) is 0 Å². The first kappa shape index (κ1) is 17.2. The van der Waals surface area contributed by atoms with Gasteiger partial charge in [-0.25, -0.2) is 4.79 Å². The predicted octanol–water partition coefficient (Wildman–Crippen LogP) is 2.52. The summed E-state index contributed by atoms with van der Waals surface area (Å²) in [4.78, 5) is 24.7. The van der Waals surface area contributed by atoms with Crippen LogP contribution in [-0.2, 0) is 11.3 Å². The van der Waals surface area contributed by atoms with Crippen LogP contribution >= 0.6 is 11.3 Å². The Balaban J connectivity index is 1.46. The SMILES string of the molecule is CC(NC(=O)Cn1nnn(-c2cccs2)c1=O)c1ccc2ccccc2c1. The zero-order chi connectivity index (χ0) is 18.8. The minimum atomic E-state index is -0.439. The first-order valence-corrected chi connectivity index (χ1v) is 9.34. The fourth-order valence-corrected chi connectivity index (χ4v) is 3.55. The highest BCUT2D eigenvalue weighted by Gasteiger charge is 2.15. The van der Waals surface area contributed by atoms with Crippen molar-refractivity contribution in [2.75, 3.05) is 0 Å². The molecule has 0 aliphatic heterocycles. The van der Waals surface area contributed by atoms with Gasteiger partial charge in [-0.3, -0.25) is 4.79 Å².